The Kier molecular flexibility index (Phi) is 5.65. The van der Waals surface area contributed by atoms with Crippen molar-refractivity contribution in [2.24, 2.45) is 0 Å². The summed E-state index contributed by atoms with van der Waals surface area (Å²) in [5, 5.41) is 13.9. The van der Waals surface area contributed by atoms with Gasteiger partial charge < -0.3 is 10.6 Å². The zero-order chi connectivity index (χ0) is 24.0. The molecular weight excluding hydrogens is 448 g/mol. The van der Waals surface area contributed by atoms with Crippen LogP contribution in [-0.4, -0.2) is 43.9 Å². The Morgan fingerprint density at radius 3 is 2.59 bits per heavy atom. The predicted octanol–water partition coefficient (Wildman–Crippen LogP) is 5.30. The number of likely N-dealkylation sites (tertiary alicyclic amines) is 1. The number of halogens is 1. The number of fused-ring (bicyclic) bond motifs is 1. The Hall–Kier alpha value is -3.58. The fourth-order valence-corrected chi connectivity index (χ4v) is 5.23. The lowest BCUT2D eigenvalue weighted by molar-refractivity contribution is -0.127. The van der Waals surface area contributed by atoms with Gasteiger partial charge in [-0.25, -0.2) is 0 Å². The number of rotatable bonds is 4. The van der Waals surface area contributed by atoms with Gasteiger partial charge in [0.15, 0.2) is 5.82 Å². The molecule has 1 amide bonds. The number of H-pyrrole nitrogens is 1. The number of hydrogen-bond donors (Lipinski definition) is 2. The molecule has 2 aromatic carbocycles. The standard InChI is InChI=1S/C26H27ClN6O/c1-4-20(34)32-12-10-18(11-13-32)33-16(3)21(25(31-33)17-8-6-5-7-9-17)23-22-19(29-30-26(22)28)14-15(2)24(23)27/h4-9,14,18H,1,10-13H2,2-3H3,(H3,28,29,30). The molecule has 5 rings (SSSR count). The maximum atomic E-state index is 12.1. The van der Waals surface area contributed by atoms with Gasteiger partial charge >= 0.3 is 0 Å². The molecular formula is C26H27ClN6O. The van der Waals surface area contributed by atoms with E-state index < -0.39 is 0 Å². The van der Waals surface area contributed by atoms with Gasteiger partial charge in [0.05, 0.1) is 22.0 Å². The lowest BCUT2D eigenvalue weighted by Crippen LogP contribution is -2.38. The Bertz CT molecular complexity index is 1400. The monoisotopic (exact) mass is 474 g/mol. The van der Waals surface area contributed by atoms with Crippen molar-refractivity contribution in [3.8, 4) is 22.4 Å². The number of hydrogen-bond acceptors (Lipinski definition) is 4. The molecule has 4 aromatic rings. The molecule has 3 heterocycles. The minimum absolute atomic E-state index is 0.0225. The SMILES string of the molecule is C=CC(=O)N1CCC(n2nc(-c3ccccc3)c(-c3c(Cl)c(C)cc4[nH]nc(N)c34)c2C)CC1. The highest BCUT2D eigenvalue weighted by Crippen LogP contribution is 2.45. The first-order valence-corrected chi connectivity index (χ1v) is 11.8. The van der Waals surface area contributed by atoms with Crippen LogP contribution in [0.4, 0.5) is 5.82 Å². The van der Waals surface area contributed by atoms with Gasteiger partial charge in [-0.1, -0.05) is 48.5 Å². The van der Waals surface area contributed by atoms with E-state index in [9.17, 15) is 4.79 Å². The van der Waals surface area contributed by atoms with Gasteiger partial charge in [-0.05, 0) is 44.4 Å². The molecule has 8 heteroatoms. The van der Waals surface area contributed by atoms with Crippen LogP contribution >= 0.6 is 11.6 Å². The van der Waals surface area contributed by atoms with Crippen molar-refractivity contribution in [3.05, 3.63) is 65.3 Å². The van der Waals surface area contributed by atoms with Gasteiger partial charge in [0, 0.05) is 35.5 Å². The number of nitrogens with one attached hydrogen (secondary N) is 1. The van der Waals surface area contributed by atoms with Crippen molar-refractivity contribution >= 4 is 34.2 Å². The van der Waals surface area contributed by atoms with Gasteiger partial charge in [-0.3, -0.25) is 14.6 Å². The van der Waals surface area contributed by atoms with E-state index in [1.54, 1.807) is 0 Å². The highest BCUT2D eigenvalue weighted by molar-refractivity contribution is 6.36. The number of piperidine rings is 1. The fraction of sp³-hybridized carbons (Fsp3) is 0.269. The number of nitrogen functional groups attached to an aromatic ring is 1. The van der Waals surface area contributed by atoms with Crippen LogP contribution < -0.4 is 5.73 Å². The number of nitrogens with two attached hydrogens (primary N) is 1. The summed E-state index contributed by atoms with van der Waals surface area (Å²) < 4.78 is 2.11. The van der Waals surface area contributed by atoms with Gasteiger partial charge in [0.1, 0.15) is 5.69 Å². The predicted molar refractivity (Wildman–Crippen MR) is 137 cm³/mol. The number of carbonyl (C=O) groups is 1. The minimum Gasteiger partial charge on any atom is -0.382 e. The summed E-state index contributed by atoms with van der Waals surface area (Å²) in [5.41, 5.74) is 12.8. The summed E-state index contributed by atoms with van der Waals surface area (Å²) in [6.45, 7) is 9.03. The number of benzene rings is 2. The first-order valence-electron chi connectivity index (χ1n) is 11.4. The summed E-state index contributed by atoms with van der Waals surface area (Å²) in [6.07, 6.45) is 3.02. The molecule has 0 spiro atoms. The molecule has 174 valence electrons. The quantitative estimate of drug-likeness (QED) is 0.393. The van der Waals surface area contributed by atoms with Crippen LogP contribution in [0.3, 0.4) is 0 Å². The van der Waals surface area contributed by atoms with Crippen LogP contribution in [0.5, 0.6) is 0 Å². The maximum absolute atomic E-state index is 12.1. The van der Waals surface area contributed by atoms with Crippen molar-refractivity contribution in [1.82, 2.24) is 24.9 Å². The van der Waals surface area contributed by atoms with Crippen molar-refractivity contribution < 1.29 is 4.79 Å². The third kappa shape index (κ3) is 3.56. The molecule has 0 radical (unpaired) electrons. The Morgan fingerprint density at radius 1 is 1.21 bits per heavy atom. The second kappa shape index (κ2) is 8.65. The zero-order valence-electron chi connectivity index (χ0n) is 19.3. The summed E-state index contributed by atoms with van der Waals surface area (Å²) in [7, 11) is 0. The summed E-state index contributed by atoms with van der Waals surface area (Å²) in [6, 6.07) is 12.3. The van der Waals surface area contributed by atoms with E-state index in [2.05, 4.69) is 40.5 Å². The van der Waals surface area contributed by atoms with E-state index in [4.69, 9.17) is 22.4 Å². The van der Waals surface area contributed by atoms with E-state index >= 15 is 0 Å². The molecule has 34 heavy (non-hydrogen) atoms. The largest absolute Gasteiger partial charge is 0.382 e. The molecule has 0 saturated carbocycles. The summed E-state index contributed by atoms with van der Waals surface area (Å²) in [4.78, 5) is 13.9. The zero-order valence-corrected chi connectivity index (χ0v) is 20.1. The third-order valence-electron chi connectivity index (χ3n) is 6.74. The number of aromatic nitrogens is 4. The lowest BCUT2D eigenvalue weighted by atomic mass is 9.94. The van der Waals surface area contributed by atoms with Crippen LogP contribution in [0, 0.1) is 13.8 Å². The number of aryl methyl sites for hydroxylation is 1. The number of aromatic amines is 1. The van der Waals surface area contributed by atoms with E-state index in [-0.39, 0.29) is 11.9 Å². The Morgan fingerprint density at radius 2 is 1.91 bits per heavy atom. The van der Waals surface area contributed by atoms with Crippen LogP contribution in [-0.2, 0) is 4.79 Å². The second-order valence-corrected chi connectivity index (χ2v) is 9.17. The molecule has 1 aliphatic rings. The highest BCUT2D eigenvalue weighted by Gasteiger charge is 2.29. The molecule has 1 saturated heterocycles. The second-order valence-electron chi connectivity index (χ2n) is 8.79. The number of carbonyl (C=O) groups excluding carboxylic acids is 1. The van der Waals surface area contributed by atoms with E-state index in [0.717, 1.165) is 57.4 Å². The first-order chi connectivity index (χ1) is 16.4. The van der Waals surface area contributed by atoms with Crippen LogP contribution in [0.1, 0.15) is 30.1 Å². The normalized spacial score (nSPS) is 14.6. The molecule has 1 aliphatic heterocycles. The number of amides is 1. The van der Waals surface area contributed by atoms with Crippen LogP contribution in [0.2, 0.25) is 5.02 Å². The summed E-state index contributed by atoms with van der Waals surface area (Å²) >= 11 is 6.94. The number of anilines is 1. The molecule has 0 aliphatic carbocycles. The average Bonchev–Trinajstić information content (AvgIpc) is 3.40. The van der Waals surface area contributed by atoms with Crippen molar-refractivity contribution in [3.63, 3.8) is 0 Å². The Balaban J connectivity index is 1.70. The Labute approximate surface area is 203 Å². The summed E-state index contributed by atoms with van der Waals surface area (Å²) in [5.74, 6) is 0.389. The van der Waals surface area contributed by atoms with Crippen molar-refractivity contribution in [2.45, 2.75) is 32.7 Å². The molecule has 0 bridgehead atoms. The van der Waals surface area contributed by atoms with Gasteiger partial charge in [0.2, 0.25) is 5.91 Å². The topological polar surface area (TPSA) is 92.8 Å². The van der Waals surface area contributed by atoms with Gasteiger partial charge in [0.25, 0.3) is 0 Å². The van der Waals surface area contributed by atoms with Gasteiger partial charge in [-0.15, -0.1) is 0 Å². The van der Waals surface area contributed by atoms with E-state index in [1.165, 1.54) is 6.08 Å². The maximum Gasteiger partial charge on any atom is 0.245 e. The molecule has 3 N–H and O–H groups in total. The molecule has 2 aromatic heterocycles. The number of nitrogens with zero attached hydrogens (tertiary/aromatic N) is 4. The molecule has 0 atom stereocenters. The average molecular weight is 475 g/mol. The fourth-order valence-electron chi connectivity index (χ4n) is 4.99. The first kappa shape index (κ1) is 22.2. The molecule has 0 unspecified atom stereocenters. The van der Waals surface area contributed by atoms with E-state index in [0.29, 0.717) is 23.9 Å². The highest BCUT2D eigenvalue weighted by atomic mass is 35.5. The van der Waals surface area contributed by atoms with Crippen LogP contribution in [0.15, 0.2) is 49.1 Å². The van der Waals surface area contributed by atoms with Crippen LogP contribution in [0.25, 0.3) is 33.3 Å². The van der Waals surface area contributed by atoms with E-state index in [1.807, 2.05) is 36.1 Å². The smallest absolute Gasteiger partial charge is 0.245 e. The van der Waals surface area contributed by atoms with Crippen molar-refractivity contribution in [2.75, 3.05) is 18.8 Å². The third-order valence-corrected chi connectivity index (χ3v) is 7.23. The van der Waals surface area contributed by atoms with Gasteiger partial charge in [-0.2, -0.15) is 10.2 Å². The molecule has 1 fully saturated rings. The minimum atomic E-state index is -0.0225. The van der Waals surface area contributed by atoms with Crippen molar-refractivity contribution in [1.29, 1.82) is 0 Å². The molecule has 7 nitrogen and oxygen atoms in total. The lowest BCUT2D eigenvalue weighted by Gasteiger charge is -2.32.